The average molecular weight is 482 g/mol. The van der Waals surface area contributed by atoms with E-state index in [1.807, 2.05) is 48.5 Å². The summed E-state index contributed by atoms with van der Waals surface area (Å²) in [6.07, 6.45) is 0. The van der Waals surface area contributed by atoms with E-state index in [1.165, 1.54) is 0 Å². The van der Waals surface area contributed by atoms with Gasteiger partial charge in [0.05, 0.1) is 0 Å². The fraction of sp³-hybridized carbons (Fsp3) is 0.222. The van der Waals surface area contributed by atoms with Gasteiger partial charge in [-0.25, -0.2) is 9.98 Å². The first-order chi connectivity index (χ1) is 12.5. The largest absolute Gasteiger partial charge is 0.463 e. The Labute approximate surface area is 168 Å². The molecule has 8 heteroatoms. The van der Waals surface area contributed by atoms with Gasteiger partial charge in [0.1, 0.15) is 25.3 Å². The Morgan fingerprint density at radius 3 is 1.42 bits per heavy atom. The van der Waals surface area contributed by atoms with Crippen molar-refractivity contribution in [2.45, 2.75) is 12.1 Å². The number of nitrogens with zero attached hydrogens (tertiary/aromatic N) is 2. The summed E-state index contributed by atoms with van der Waals surface area (Å²) in [6, 6.07) is 16.5. The first kappa shape index (κ1) is 18.7. The van der Waals surface area contributed by atoms with Crippen LogP contribution < -0.4 is 11.5 Å². The fourth-order valence-electron chi connectivity index (χ4n) is 2.59. The lowest BCUT2D eigenvalue weighted by Crippen LogP contribution is -2.10. The predicted molar refractivity (Wildman–Crippen MR) is 109 cm³/mol. The van der Waals surface area contributed by atoms with E-state index in [9.17, 15) is 0 Å². The van der Waals surface area contributed by atoms with Gasteiger partial charge in [0.2, 0.25) is 0 Å². The third-order valence-corrected chi connectivity index (χ3v) is 5.32. The van der Waals surface area contributed by atoms with Crippen molar-refractivity contribution in [1.29, 1.82) is 0 Å². The maximum Gasteiger partial charge on any atom is 0.282 e. The number of rotatable bonds is 2. The highest BCUT2D eigenvalue weighted by atomic mass is 79.9. The Balaban J connectivity index is 0.000000151. The highest BCUT2D eigenvalue weighted by Crippen LogP contribution is 2.29. The van der Waals surface area contributed by atoms with Crippen LogP contribution in [0.25, 0.3) is 0 Å². The van der Waals surface area contributed by atoms with Crippen LogP contribution in [-0.2, 0) is 9.47 Å². The molecule has 2 aliphatic heterocycles. The van der Waals surface area contributed by atoms with Gasteiger partial charge in [0.15, 0.2) is 0 Å². The molecule has 26 heavy (non-hydrogen) atoms. The smallest absolute Gasteiger partial charge is 0.282 e. The number of ether oxygens (including phenoxy) is 2. The molecule has 0 amide bonds. The van der Waals surface area contributed by atoms with E-state index < -0.39 is 0 Å². The molecular weight excluding hydrogens is 464 g/mol. The molecule has 2 aromatic rings. The number of amidine groups is 2. The second kappa shape index (κ2) is 8.55. The zero-order chi connectivity index (χ0) is 18.5. The number of aliphatic imine (C=N–C) groups is 2. The topological polar surface area (TPSA) is 95.2 Å². The zero-order valence-electron chi connectivity index (χ0n) is 13.8. The molecule has 0 spiro atoms. The molecule has 0 saturated carbocycles. The van der Waals surface area contributed by atoms with Gasteiger partial charge in [-0.05, 0) is 23.3 Å². The fourth-order valence-corrected chi connectivity index (χ4v) is 3.69. The van der Waals surface area contributed by atoms with Crippen LogP contribution in [0.1, 0.15) is 23.2 Å². The van der Waals surface area contributed by atoms with E-state index in [0.29, 0.717) is 13.2 Å². The van der Waals surface area contributed by atoms with Gasteiger partial charge >= 0.3 is 0 Å². The van der Waals surface area contributed by atoms with Crippen molar-refractivity contribution in [2.75, 3.05) is 13.2 Å². The van der Waals surface area contributed by atoms with Gasteiger partial charge in [0.25, 0.3) is 12.0 Å². The summed E-state index contributed by atoms with van der Waals surface area (Å²) in [7, 11) is 0. The molecule has 0 saturated heterocycles. The summed E-state index contributed by atoms with van der Waals surface area (Å²) < 4.78 is 12.3. The molecule has 2 aromatic carbocycles. The van der Waals surface area contributed by atoms with Crippen LogP contribution >= 0.6 is 31.9 Å². The summed E-state index contributed by atoms with van der Waals surface area (Å²) in [5.74, 6) is 0. The van der Waals surface area contributed by atoms with Crippen LogP contribution in [0.15, 0.2) is 67.5 Å². The summed E-state index contributed by atoms with van der Waals surface area (Å²) in [4.78, 5) is 8.32. The Morgan fingerprint density at radius 1 is 0.731 bits per heavy atom. The molecule has 0 aliphatic carbocycles. The Morgan fingerprint density at radius 2 is 1.12 bits per heavy atom. The van der Waals surface area contributed by atoms with Gasteiger partial charge in [-0.3, -0.25) is 0 Å². The van der Waals surface area contributed by atoms with Crippen LogP contribution in [0.4, 0.5) is 0 Å². The molecule has 4 rings (SSSR count). The summed E-state index contributed by atoms with van der Waals surface area (Å²) in [5.41, 5.74) is 13.1. The number of hydrogen-bond acceptors (Lipinski definition) is 6. The maximum absolute atomic E-state index is 5.43. The second-order valence-electron chi connectivity index (χ2n) is 5.63. The van der Waals surface area contributed by atoms with Crippen molar-refractivity contribution in [3.63, 3.8) is 0 Å². The van der Waals surface area contributed by atoms with Gasteiger partial charge < -0.3 is 20.9 Å². The molecule has 2 aliphatic rings. The third kappa shape index (κ3) is 4.56. The molecule has 6 nitrogen and oxygen atoms in total. The van der Waals surface area contributed by atoms with Crippen molar-refractivity contribution in [3.05, 3.63) is 68.6 Å². The Hall–Kier alpha value is -2.06. The van der Waals surface area contributed by atoms with Crippen LogP contribution in [0.2, 0.25) is 0 Å². The van der Waals surface area contributed by atoms with E-state index in [0.717, 1.165) is 20.1 Å². The van der Waals surface area contributed by atoms with Crippen LogP contribution in [0, 0.1) is 0 Å². The summed E-state index contributed by atoms with van der Waals surface area (Å²) >= 11 is 6.92. The molecule has 4 N–H and O–H groups in total. The van der Waals surface area contributed by atoms with Crippen LogP contribution in [0.3, 0.4) is 0 Å². The number of halogens is 2. The first-order valence-corrected chi connectivity index (χ1v) is 9.54. The van der Waals surface area contributed by atoms with E-state index >= 15 is 0 Å². The molecule has 0 fully saturated rings. The monoisotopic (exact) mass is 480 g/mol. The van der Waals surface area contributed by atoms with Gasteiger partial charge in [-0.15, -0.1) is 0 Å². The SMILES string of the molecule is NC1=N[C@@H](c2ccccc2Br)CO1.NC1=N[C@H](c2ccccc2Br)CO1. The lowest BCUT2D eigenvalue weighted by molar-refractivity contribution is 0.314. The highest BCUT2D eigenvalue weighted by Gasteiger charge is 2.21. The van der Waals surface area contributed by atoms with Crippen molar-refractivity contribution in [3.8, 4) is 0 Å². The van der Waals surface area contributed by atoms with E-state index in [2.05, 4.69) is 41.8 Å². The predicted octanol–water partition coefficient (Wildman–Crippen LogP) is 3.67. The number of hydrogen-bond donors (Lipinski definition) is 2. The van der Waals surface area contributed by atoms with Crippen molar-refractivity contribution < 1.29 is 9.47 Å². The molecule has 0 radical (unpaired) electrons. The van der Waals surface area contributed by atoms with Gasteiger partial charge in [0, 0.05) is 8.95 Å². The molecule has 0 unspecified atom stereocenters. The average Bonchev–Trinajstić information content (AvgIpc) is 3.25. The summed E-state index contributed by atoms with van der Waals surface area (Å²) in [6.45, 7) is 1.07. The molecule has 136 valence electrons. The number of nitrogens with two attached hydrogens (primary N) is 2. The van der Waals surface area contributed by atoms with Crippen LogP contribution in [-0.4, -0.2) is 25.3 Å². The normalized spacial score (nSPS) is 21.0. The minimum atomic E-state index is 0.0376. The quantitative estimate of drug-likeness (QED) is 0.683. The standard InChI is InChI=1S/2C9H9BrN2O/c2*10-7-4-2-1-3-6(7)8-5-13-9(11)12-8/h2*1-4,8H,5H2,(H2,11,12)/t2*8-/m10/s1. The molecular formula is C18H18Br2N4O2. The second-order valence-corrected chi connectivity index (χ2v) is 7.34. The summed E-state index contributed by atoms with van der Waals surface area (Å²) in [5, 5.41) is 0. The molecule has 0 bridgehead atoms. The minimum absolute atomic E-state index is 0.0376. The zero-order valence-corrected chi connectivity index (χ0v) is 17.0. The van der Waals surface area contributed by atoms with Crippen molar-refractivity contribution >= 4 is 43.9 Å². The Bertz CT molecular complexity index is 772. The van der Waals surface area contributed by atoms with E-state index in [4.69, 9.17) is 20.9 Å². The van der Waals surface area contributed by atoms with Crippen molar-refractivity contribution in [1.82, 2.24) is 0 Å². The maximum atomic E-state index is 5.43. The Kier molecular flexibility index (Phi) is 6.16. The van der Waals surface area contributed by atoms with Crippen LogP contribution in [0.5, 0.6) is 0 Å². The molecule has 0 aromatic heterocycles. The van der Waals surface area contributed by atoms with E-state index in [1.54, 1.807) is 0 Å². The van der Waals surface area contributed by atoms with E-state index in [-0.39, 0.29) is 24.1 Å². The highest BCUT2D eigenvalue weighted by molar-refractivity contribution is 9.10. The molecule has 2 atom stereocenters. The lowest BCUT2D eigenvalue weighted by atomic mass is 10.1. The van der Waals surface area contributed by atoms with Gasteiger partial charge in [-0.1, -0.05) is 68.3 Å². The minimum Gasteiger partial charge on any atom is -0.463 e. The van der Waals surface area contributed by atoms with Crippen molar-refractivity contribution in [2.24, 2.45) is 21.5 Å². The number of benzene rings is 2. The molecule has 2 heterocycles. The van der Waals surface area contributed by atoms with Gasteiger partial charge in [-0.2, -0.15) is 0 Å². The first-order valence-electron chi connectivity index (χ1n) is 7.95. The lowest BCUT2D eigenvalue weighted by Gasteiger charge is -2.06. The third-order valence-electron chi connectivity index (χ3n) is 3.87.